The van der Waals surface area contributed by atoms with Gasteiger partial charge in [0.25, 0.3) is 5.91 Å². The van der Waals surface area contributed by atoms with Gasteiger partial charge in [-0.2, -0.15) is 0 Å². The first-order valence-electron chi connectivity index (χ1n) is 10.0. The Labute approximate surface area is 169 Å². The van der Waals surface area contributed by atoms with E-state index in [0.717, 1.165) is 43.6 Å². The van der Waals surface area contributed by atoms with Gasteiger partial charge >= 0.3 is 0 Å². The van der Waals surface area contributed by atoms with Gasteiger partial charge in [0.2, 0.25) is 0 Å². The highest BCUT2D eigenvalue weighted by Crippen LogP contribution is 2.25. The zero-order valence-corrected chi connectivity index (χ0v) is 17.2. The molecule has 1 fully saturated rings. The van der Waals surface area contributed by atoms with Gasteiger partial charge in [-0.1, -0.05) is 55.7 Å². The highest BCUT2D eigenvalue weighted by atomic mass is 16.2. The number of carbonyl (C=O) groups excluding carboxylic acids is 2. The molecule has 0 spiro atoms. The van der Waals surface area contributed by atoms with Crippen molar-refractivity contribution in [3.05, 3.63) is 72.4 Å². The number of rotatable bonds is 9. The van der Waals surface area contributed by atoms with Crippen LogP contribution < -0.4 is 0 Å². The molecule has 2 aliphatic rings. The van der Waals surface area contributed by atoms with Crippen LogP contribution in [0.5, 0.6) is 0 Å². The Balaban J connectivity index is 1.80. The summed E-state index contributed by atoms with van der Waals surface area (Å²) in [4.78, 5) is 29.0. The van der Waals surface area contributed by atoms with Crippen LogP contribution in [0.3, 0.4) is 0 Å². The second kappa shape index (κ2) is 10.8. The Hall–Kier alpha value is -2.46. The molecule has 0 aromatic carbocycles. The highest BCUT2D eigenvalue weighted by molar-refractivity contribution is 6.00. The zero-order chi connectivity index (χ0) is 20.5. The van der Waals surface area contributed by atoms with Crippen molar-refractivity contribution >= 4 is 11.7 Å². The van der Waals surface area contributed by atoms with E-state index >= 15 is 0 Å². The van der Waals surface area contributed by atoms with E-state index in [9.17, 15) is 9.59 Å². The van der Waals surface area contributed by atoms with Gasteiger partial charge in [-0.05, 0) is 51.3 Å². The first-order chi connectivity index (χ1) is 13.5. The number of ketones is 1. The molecule has 0 saturated carbocycles. The molecule has 1 saturated heterocycles. The fourth-order valence-corrected chi connectivity index (χ4v) is 3.70. The minimum atomic E-state index is 0.0738. The molecular weight excluding hydrogens is 348 g/mol. The van der Waals surface area contributed by atoms with E-state index in [4.69, 9.17) is 0 Å². The molecule has 2 rings (SSSR count). The van der Waals surface area contributed by atoms with Gasteiger partial charge in [0.05, 0.1) is 6.54 Å². The summed E-state index contributed by atoms with van der Waals surface area (Å²) in [5, 5.41) is 0. The molecule has 2 heterocycles. The lowest BCUT2D eigenvalue weighted by molar-refractivity contribution is -0.125. The molecule has 4 nitrogen and oxygen atoms in total. The van der Waals surface area contributed by atoms with Gasteiger partial charge in [-0.25, -0.2) is 0 Å². The molecule has 0 aromatic rings. The van der Waals surface area contributed by atoms with Crippen LogP contribution in [-0.4, -0.2) is 54.2 Å². The zero-order valence-electron chi connectivity index (χ0n) is 17.2. The number of likely N-dealkylation sites (tertiary alicyclic amines) is 1. The number of piperidine rings is 1. The lowest BCUT2D eigenvalue weighted by Crippen LogP contribution is -2.41. The van der Waals surface area contributed by atoms with E-state index in [-0.39, 0.29) is 11.7 Å². The van der Waals surface area contributed by atoms with E-state index in [1.54, 1.807) is 12.2 Å². The van der Waals surface area contributed by atoms with E-state index < -0.39 is 0 Å². The maximum atomic E-state index is 12.6. The first-order valence-corrected chi connectivity index (χ1v) is 10.0. The number of allylic oxidation sites excluding steroid dienone is 5. The Kier molecular flexibility index (Phi) is 8.40. The smallest absolute Gasteiger partial charge is 0.254 e. The van der Waals surface area contributed by atoms with Crippen LogP contribution in [0.15, 0.2) is 72.4 Å². The minimum Gasteiger partial charge on any atom is -0.334 e. The van der Waals surface area contributed by atoms with Crippen molar-refractivity contribution in [3.8, 4) is 0 Å². The van der Waals surface area contributed by atoms with Crippen molar-refractivity contribution in [2.45, 2.75) is 26.7 Å². The van der Waals surface area contributed by atoms with Crippen molar-refractivity contribution < 1.29 is 9.59 Å². The van der Waals surface area contributed by atoms with Gasteiger partial charge in [0.15, 0.2) is 5.78 Å². The number of Topliss-reactive ketones (excluding diaryl/α,β-unsaturated/α-hetero) is 1. The van der Waals surface area contributed by atoms with Gasteiger partial charge in [0.1, 0.15) is 0 Å². The van der Waals surface area contributed by atoms with Gasteiger partial charge in [-0.3, -0.25) is 14.5 Å². The molecule has 0 aromatic heterocycles. The molecule has 150 valence electrons. The number of carbonyl (C=O) groups is 2. The molecule has 0 N–H and O–H groups in total. The second-order valence-electron chi connectivity index (χ2n) is 7.38. The number of hydrogen-bond acceptors (Lipinski definition) is 3. The van der Waals surface area contributed by atoms with Crippen molar-refractivity contribution in [1.29, 1.82) is 0 Å². The molecule has 28 heavy (non-hydrogen) atoms. The molecule has 0 radical (unpaired) electrons. The molecule has 0 aliphatic carbocycles. The topological polar surface area (TPSA) is 40.6 Å². The van der Waals surface area contributed by atoms with Crippen molar-refractivity contribution in [3.63, 3.8) is 0 Å². The van der Waals surface area contributed by atoms with Crippen LogP contribution >= 0.6 is 0 Å². The highest BCUT2D eigenvalue weighted by Gasteiger charge is 2.30. The van der Waals surface area contributed by atoms with Gasteiger partial charge in [0, 0.05) is 24.2 Å². The third-order valence-corrected chi connectivity index (χ3v) is 5.31. The Bertz CT molecular complexity index is 732. The Morgan fingerprint density at radius 2 is 1.89 bits per heavy atom. The standard InChI is InChI=1S/C24H32N2O2/c1-5-8-9-11-19(4)23(27)18-25-14-12-20(13-15-25)16-26-17-21(10-6-2)22(7-3)24(26)28/h5-11,20H,3-4,12-18H2,1-2H3/b8-5-,10-6-,11-9-. The number of amides is 1. The number of hydrogen-bond donors (Lipinski definition) is 0. The quantitative estimate of drug-likeness (QED) is 0.450. The average molecular weight is 381 g/mol. The summed E-state index contributed by atoms with van der Waals surface area (Å²) in [6.07, 6.45) is 15.0. The van der Waals surface area contributed by atoms with Gasteiger partial charge < -0.3 is 4.90 Å². The van der Waals surface area contributed by atoms with Crippen LogP contribution in [0.4, 0.5) is 0 Å². The van der Waals surface area contributed by atoms with Crippen LogP contribution in [0, 0.1) is 5.92 Å². The first kappa shape index (κ1) is 21.8. The van der Waals surface area contributed by atoms with Crippen LogP contribution in [0.2, 0.25) is 0 Å². The Morgan fingerprint density at radius 3 is 2.50 bits per heavy atom. The summed E-state index contributed by atoms with van der Waals surface area (Å²) in [6.45, 7) is 15.2. The monoisotopic (exact) mass is 380 g/mol. The molecule has 4 heteroatoms. The lowest BCUT2D eigenvalue weighted by atomic mass is 9.95. The normalized spacial score (nSPS) is 19.6. The summed E-state index contributed by atoms with van der Waals surface area (Å²) in [6, 6.07) is 0. The van der Waals surface area contributed by atoms with Crippen LogP contribution in [0.25, 0.3) is 0 Å². The molecule has 1 amide bonds. The third kappa shape index (κ3) is 5.77. The second-order valence-corrected chi connectivity index (χ2v) is 7.38. The van der Waals surface area contributed by atoms with Gasteiger partial charge in [-0.15, -0.1) is 0 Å². The summed E-state index contributed by atoms with van der Waals surface area (Å²) < 4.78 is 0. The summed E-state index contributed by atoms with van der Waals surface area (Å²) in [5.74, 6) is 0.638. The predicted octanol–water partition coefficient (Wildman–Crippen LogP) is 3.86. The fourth-order valence-electron chi connectivity index (χ4n) is 3.70. The molecular formula is C24H32N2O2. The summed E-state index contributed by atoms with van der Waals surface area (Å²) >= 11 is 0. The summed E-state index contributed by atoms with van der Waals surface area (Å²) in [5.41, 5.74) is 2.32. The Morgan fingerprint density at radius 1 is 1.18 bits per heavy atom. The van der Waals surface area contributed by atoms with E-state index in [2.05, 4.69) is 18.1 Å². The third-order valence-electron chi connectivity index (χ3n) is 5.31. The van der Waals surface area contributed by atoms with E-state index in [1.807, 2.05) is 49.1 Å². The molecule has 0 unspecified atom stereocenters. The van der Waals surface area contributed by atoms with Crippen LogP contribution in [-0.2, 0) is 9.59 Å². The van der Waals surface area contributed by atoms with E-state index in [0.29, 0.717) is 24.6 Å². The van der Waals surface area contributed by atoms with E-state index in [1.165, 1.54) is 0 Å². The van der Waals surface area contributed by atoms with Crippen molar-refractivity contribution in [1.82, 2.24) is 9.80 Å². The summed E-state index contributed by atoms with van der Waals surface area (Å²) in [7, 11) is 0. The lowest BCUT2D eigenvalue weighted by Gasteiger charge is -2.33. The minimum absolute atomic E-state index is 0.0738. The maximum Gasteiger partial charge on any atom is 0.254 e. The SMILES string of the molecule is C=CC1=C(/C=C\C)CN(CC2CCN(CC(=O)C(=C)/C=C\C=C/C)CC2)C1=O. The molecule has 2 aliphatic heterocycles. The fraction of sp³-hybridized carbons (Fsp3) is 0.417. The average Bonchev–Trinajstić information content (AvgIpc) is 2.98. The predicted molar refractivity (Wildman–Crippen MR) is 116 cm³/mol. The molecule has 0 atom stereocenters. The van der Waals surface area contributed by atoms with Crippen molar-refractivity contribution in [2.24, 2.45) is 5.92 Å². The molecule has 0 bridgehead atoms. The van der Waals surface area contributed by atoms with Crippen molar-refractivity contribution in [2.75, 3.05) is 32.7 Å². The van der Waals surface area contributed by atoms with Crippen LogP contribution in [0.1, 0.15) is 26.7 Å². The maximum absolute atomic E-state index is 12.6. The largest absolute Gasteiger partial charge is 0.334 e. The number of nitrogens with zero attached hydrogens (tertiary/aromatic N) is 2.